The van der Waals surface area contributed by atoms with Crippen LogP contribution in [0.15, 0.2) is 24.3 Å². The fraction of sp³-hybridized carbons (Fsp3) is 0.533. The first-order valence-electron chi connectivity index (χ1n) is 6.32. The summed E-state index contributed by atoms with van der Waals surface area (Å²) in [6, 6.07) is 8.09. The van der Waals surface area contributed by atoms with E-state index in [2.05, 4.69) is 32.5 Å². The van der Waals surface area contributed by atoms with Crippen molar-refractivity contribution in [3.8, 4) is 0 Å². The molecule has 18 heavy (non-hydrogen) atoms. The number of nitrogens with zero attached hydrogens (tertiary/aromatic N) is 1. The monoisotopic (exact) mass is 263 g/mol. The summed E-state index contributed by atoms with van der Waals surface area (Å²) in [5, 5.41) is 0. The molecule has 0 bridgehead atoms. The molecule has 0 atom stereocenters. The van der Waals surface area contributed by atoms with Gasteiger partial charge in [-0.1, -0.05) is 32.0 Å². The van der Waals surface area contributed by atoms with E-state index < -0.39 is 5.41 Å². The van der Waals surface area contributed by atoms with Crippen molar-refractivity contribution < 1.29 is 4.79 Å². The molecule has 1 heterocycles. The van der Waals surface area contributed by atoms with Gasteiger partial charge in [0.15, 0.2) is 0 Å². The number of anilines is 1. The number of para-hydroxylation sites is 1. The van der Waals surface area contributed by atoms with Gasteiger partial charge in [0.2, 0.25) is 5.91 Å². The summed E-state index contributed by atoms with van der Waals surface area (Å²) in [5.74, 6) is 0.956. The van der Waals surface area contributed by atoms with Crippen LogP contribution in [0, 0.1) is 5.41 Å². The van der Waals surface area contributed by atoms with Crippen LogP contribution in [0.25, 0.3) is 0 Å². The Morgan fingerprint density at radius 2 is 1.89 bits per heavy atom. The fourth-order valence-corrected chi connectivity index (χ4v) is 2.53. The Kier molecular flexibility index (Phi) is 3.22. The van der Waals surface area contributed by atoms with Crippen molar-refractivity contribution >= 4 is 24.2 Å². The third-order valence-electron chi connectivity index (χ3n) is 3.66. The van der Waals surface area contributed by atoms with E-state index in [1.165, 1.54) is 0 Å². The average molecular weight is 263 g/mol. The third-order valence-corrected chi connectivity index (χ3v) is 4.52. The van der Waals surface area contributed by atoms with Crippen LogP contribution >= 0.6 is 12.6 Å². The number of thiol groups is 1. The lowest BCUT2D eigenvalue weighted by molar-refractivity contribution is -0.122. The molecule has 0 unspecified atom stereocenters. The Bertz CT molecular complexity index is 479. The summed E-state index contributed by atoms with van der Waals surface area (Å²) in [5.41, 5.74) is 1.79. The van der Waals surface area contributed by atoms with Crippen LogP contribution in [0.4, 0.5) is 5.69 Å². The number of amides is 1. The Hall–Kier alpha value is -0.960. The lowest BCUT2D eigenvalue weighted by Crippen LogP contribution is -2.42. The van der Waals surface area contributed by atoms with E-state index in [0.29, 0.717) is 0 Å². The number of rotatable bonds is 3. The van der Waals surface area contributed by atoms with Gasteiger partial charge in [-0.25, -0.2) is 0 Å². The summed E-state index contributed by atoms with van der Waals surface area (Å²) in [7, 11) is 0. The van der Waals surface area contributed by atoms with E-state index in [1.807, 2.05) is 36.9 Å². The molecule has 0 fully saturated rings. The van der Waals surface area contributed by atoms with Crippen molar-refractivity contribution in [2.75, 3.05) is 17.2 Å². The first-order chi connectivity index (χ1) is 8.29. The maximum Gasteiger partial charge on any atom is 0.237 e. The van der Waals surface area contributed by atoms with E-state index in [0.717, 1.165) is 23.5 Å². The smallest absolute Gasteiger partial charge is 0.237 e. The number of fused-ring (bicyclic) bond motifs is 1. The van der Waals surface area contributed by atoms with Gasteiger partial charge >= 0.3 is 0 Å². The average Bonchev–Trinajstić information content (AvgIpc) is 2.52. The summed E-state index contributed by atoms with van der Waals surface area (Å²) < 4.78 is 0. The number of carbonyl (C=O) groups excluding carboxylic acids is 1. The van der Waals surface area contributed by atoms with E-state index in [4.69, 9.17) is 0 Å². The molecule has 0 aromatic heterocycles. The highest BCUT2D eigenvalue weighted by Gasteiger charge is 2.44. The zero-order chi connectivity index (χ0) is 13.6. The Morgan fingerprint density at radius 1 is 1.28 bits per heavy atom. The van der Waals surface area contributed by atoms with E-state index in [1.54, 1.807) is 0 Å². The molecule has 0 saturated carbocycles. The molecule has 0 saturated heterocycles. The molecule has 98 valence electrons. The van der Waals surface area contributed by atoms with Crippen molar-refractivity contribution in [3.63, 3.8) is 0 Å². The second-order valence-corrected chi connectivity index (χ2v) is 6.67. The van der Waals surface area contributed by atoms with Gasteiger partial charge < -0.3 is 4.90 Å². The third kappa shape index (κ3) is 2.05. The molecule has 2 nitrogen and oxygen atoms in total. The Labute approximate surface area is 115 Å². The van der Waals surface area contributed by atoms with E-state index >= 15 is 0 Å². The second-order valence-electron chi connectivity index (χ2n) is 6.36. The van der Waals surface area contributed by atoms with Gasteiger partial charge in [0.05, 0.1) is 5.41 Å². The minimum absolute atomic E-state index is 0.0201. The van der Waals surface area contributed by atoms with Crippen LogP contribution in [0.1, 0.15) is 33.3 Å². The topological polar surface area (TPSA) is 20.3 Å². The molecule has 1 aromatic carbocycles. The number of hydrogen-bond acceptors (Lipinski definition) is 2. The van der Waals surface area contributed by atoms with Gasteiger partial charge in [0.25, 0.3) is 0 Å². The lowest BCUT2D eigenvalue weighted by Gasteiger charge is -2.30. The summed E-state index contributed by atoms with van der Waals surface area (Å²) >= 11 is 4.38. The number of benzene rings is 1. The van der Waals surface area contributed by atoms with Crippen LogP contribution in [0.3, 0.4) is 0 Å². The molecule has 1 aromatic rings. The molecule has 0 spiro atoms. The highest BCUT2D eigenvalue weighted by molar-refractivity contribution is 7.80. The maximum absolute atomic E-state index is 12.6. The number of hydrogen-bond donors (Lipinski definition) is 1. The van der Waals surface area contributed by atoms with Gasteiger partial charge in [-0.2, -0.15) is 12.6 Å². The molecule has 2 rings (SSSR count). The minimum Gasteiger partial charge on any atom is -0.311 e. The molecular weight excluding hydrogens is 242 g/mol. The normalized spacial score (nSPS) is 18.1. The number of carbonyl (C=O) groups is 1. The predicted octanol–water partition coefficient (Wildman–Crippen LogP) is 3.27. The SMILES string of the molecule is CC(C)(CS)CN1C(=O)C(C)(C)c2ccccc21. The zero-order valence-electron chi connectivity index (χ0n) is 11.5. The summed E-state index contributed by atoms with van der Waals surface area (Å²) in [6.45, 7) is 9.00. The van der Waals surface area contributed by atoms with Crippen LogP contribution in [-0.4, -0.2) is 18.2 Å². The van der Waals surface area contributed by atoms with Gasteiger partial charge in [0, 0.05) is 12.2 Å². The zero-order valence-corrected chi connectivity index (χ0v) is 12.4. The molecule has 1 amide bonds. The van der Waals surface area contributed by atoms with Crippen molar-refractivity contribution in [2.45, 2.75) is 33.1 Å². The molecule has 0 N–H and O–H groups in total. The van der Waals surface area contributed by atoms with Gasteiger partial charge in [-0.05, 0) is 36.6 Å². The summed E-state index contributed by atoms with van der Waals surface area (Å²) in [4.78, 5) is 14.5. The van der Waals surface area contributed by atoms with Crippen LogP contribution in [-0.2, 0) is 10.2 Å². The molecule has 3 heteroatoms. The largest absolute Gasteiger partial charge is 0.311 e. The molecule has 1 aliphatic heterocycles. The fourth-order valence-electron chi connectivity index (χ4n) is 2.43. The van der Waals surface area contributed by atoms with Gasteiger partial charge in [-0.3, -0.25) is 4.79 Å². The van der Waals surface area contributed by atoms with Crippen molar-refractivity contribution in [3.05, 3.63) is 29.8 Å². The van der Waals surface area contributed by atoms with Crippen molar-refractivity contribution in [1.82, 2.24) is 0 Å². The minimum atomic E-state index is -0.413. The Morgan fingerprint density at radius 3 is 2.50 bits per heavy atom. The quantitative estimate of drug-likeness (QED) is 0.830. The van der Waals surface area contributed by atoms with Gasteiger partial charge in [0.1, 0.15) is 0 Å². The first kappa shape index (κ1) is 13.5. The molecule has 0 aliphatic carbocycles. The maximum atomic E-state index is 12.6. The highest BCUT2D eigenvalue weighted by Crippen LogP contribution is 2.42. The van der Waals surface area contributed by atoms with Crippen molar-refractivity contribution in [2.24, 2.45) is 5.41 Å². The highest BCUT2D eigenvalue weighted by atomic mass is 32.1. The van der Waals surface area contributed by atoms with Crippen LogP contribution in [0.2, 0.25) is 0 Å². The molecule has 0 radical (unpaired) electrons. The van der Waals surface area contributed by atoms with E-state index in [9.17, 15) is 4.79 Å². The van der Waals surface area contributed by atoms with Crippen LogP contribution in [0.5, 0.6) is 0 Å². The predicted molar refractivity (Wildman–Crippen MR) is 79.5 cm³/mol. The van der Waals surface area contributed by atoms with Crippen LogP contribution < -0.4 is 4.90 Å². The standard InChI is InChI=1S/C15H21NOS/c1-14(2,10-18)9-16-12-8-6-5-7-11(12)15(3,4)13(16)17/h5-8,18H,9-10H2,1-4H3. The van der Waals surface area contributed by atoms with E-state index in [-0.39, 0.29) is 11.3 Å². The Balaban J connectivity index is 2.42. The lowest BCUT2D eigenvalue weighted by atomic mass is 9.86. The molecular formula is C15H21NOS. The van der Waals surface area contributed by atoms with Gasteiger partial charge in [-0.15, -0.1) is 0 Å². The van der Waals surface area contributed by atoms with Crippen molar-refractivity contribution in [1.29, 1.82) is 0 Å². The molecule has 1 aliphatic rings. The second kappa shape index (κ2) is 4.30. The summed E-state index contributed by atoms with van der Waals surface area (Å²) in [6.07, 6.45) is 0. The first-order valence-corrected chi connectivity index (χ1v) is 6.95.